The van der Waals surface area contributed by atoms with Gasteiger partial charge in [-0.1, -0.05) is 25.7 Å². The number of aliphatic hydroxyl groups is 1. The average molecular weight is 222 g/mol. The van der Waals surface area contributed by atoms with Gasteiger partial charge in [-0.15, -0.1) is 0 Å². The predicted molar refractivity (Wildman–Crippen MR) is 60.2 cm³/mol. The Morgan fingerprint density at radius 2 is 2.00 bits per heavy atom. The molecule has 0 radical (unpaired) electrons. The molecule has 1 N–H and O–H groups in total. The van der Waals surface area contributed by atoms with Crippen LogP contribution in [0.25, 0.3) is 0 Å². The third kappa shape index (κ3) is 2.16. The van der Waals surface area contributed by atoms with Gasteiger partial charge >= 0.3 is 0 Å². The average Bonchev–Trinajstić information content (AvgIpc) is 2.56. The predicted octanol–water partition coefficient (Wildman–Crippen LogP) is 1.69. The topological polar surface area (TPSA) is 55.1 Å². The Hall–Kier alpha value is -1.16. The lowest BCUT2D eigenvalue weighted by atomic mass is 9.88. The first kappa shape index (κ1) is 11.3. The summed E-state index contributed by atoms with van der Waals surface area (Å²) in [6.45, 7) is 0. The van der Waals surface area contributed by atoms with Crippen LogP contribution < -0.4 is 0 Å². The highest BCUT2D eigenvalue weighted by Gasteiger charge is 2.37. The summed E-state index contributed by atoms with van der Waals surface area (Å²) in [6, 6.07) is 1.67. The number of Topliss-reactive ketones (excluding diaryl/α,β-unsaturated/α-hetero) is 1. The molecule has 4 nitrogen and oxygen atoms in total. The molecule has 88 valence electrons. The van der Waals surface area contributed by atoms with E-state index in [0.29, 0.717) is 18.5 Å². The monoisotopic (exact) mass is 222 g/mol. The number of hydrogen-bond acceptors (Lipinski definition) is 3. The zero-order chi connectivity index (χ0) is 11.6. The van der Waals surface area contributed by atoms with E-state index in [2.05, 4.69) is 5.10 Å². The van der Waals surface area contributed by atoms with Gasteiger partial charge < -0.3 is 5.11 Å². The van der Waals surface area contributed by atoms with Crippen LogP contribution in [0.4, 0.5) is 0 Å². The van der Waals surface area contributed by atoms with E-state index in [9.17, 15) is 9.90 Å². The van der Waals surface area contributed by atoms with Crippen molar-refractivity contribution in [3.8, 4) is 0 Å². The molecule has 0 bridgehead atoms. The largest absolute Gasteiger partial charge is 0.382 e. The molecule has 0 spiro atoms. The fraction of sp³-hybridized carbons (Fsp3) is 0.667. The van der Waals surface area contributed by atoms with Gasteiger partial charge in [0.05, 0.1) is 0 Å². The fourth-order valence-corrected chi connectivity index (χ4v) is 2.32. The summed E-state index contributed by atoms with van der Waals surface area (Å²) in [5.74, 6) is -0.213. The minimum Gasteiger partial charge on any atom is -0.382 e. The SMILES string of the molecule is Cn1ccc(C(=O)C2(O)CCCCCC2)n1. The van der Waals surface area contributed by atoms with Crippen LogP contribution in [0.15, 0.2) is 12.3 Å². The maximum absolute atomic E-state index is 12.2. The second-order valence-corrected chi connectivity index (χ2v) is 4.65. The Labute approximate surface area is 95.3 Å². The number of nitrogens with zero attached hydrogens (tertiary/aromatic N) is 2. The third-order valence-corrected chi connectivity index (χ3v) is 3.30. The maximum Gasteiger partial charge on any atom is 0.214 e. The van der Waals surface area contributed by atoms with Gasteiger partial charge in [-0.2, -0.15) is 5.10 Å². The minimum absolute atomic E-state index is 0.213. The van der Waals surface area contributed by atoms with Gasteiger partial charge in [-0.3, -0.25) is 9.48 Å². The smallest absolute Gasteiger partial charge is 0.214 e. The number of hydrogen-bond donors (Lipinski definition) is 1. The summed E-state index contributed by atoms with van der Waals surface area (Å²) in [5, 5.41) is 14.5. The van der Waals surface area contributed by atoms with Crippen LogP contribution in [-0.4, -0.2) is 26.3 Å². The molecule has 1 aliphatic carbocycles. The van der Waals surface area contributed by atoms with Gasteiger partial charge in [0.1, 0.15) is 11.3 Å². The number of carbonyl (C=O) groups excluding carboxylic acids is 1. The van der Waals surface area contributed by atoms with Gasteiger partial charge in [-0.25, -0.2) is 0 Å². The molecule has 1 aromatic rings. The van der Waals surface area contributed by atoms with Crippen molar-refractivity contribution in [3.05, 3.63) is 18.0 Å². The second kappa shape index (κ2) is 4.37. The molecular weight excluding hydrogens is 204 g/mol. The lowest BCUT2D eigenvalue weighted by Gasteiger charge is -2.23. The number of carbonyl (C=O) groups is 1. The van der Waals surface area contributed by atoms with E-state index in [4.69, 9.17) is 0 Å². The van der Waals surface area contributed by atoms with Crippen molar-refractivity contribution in [3.63, 3.8) is 0 Å². The Morgan fingerprint density at radius 1 is 1.38 bits per heavy atom. The highest BCUT2D eigenvalue weighted by molar-refractivity contribution is 6.00. The molecule has 0 saturated heterocycles. The van der Waals surface area contributed by atoms with Crippen molar-refractivity contribution in [1.82, 2.24) is 9.78 Å². The van der Waals surface area contributed by atoms with Crippen LogP contribution in [0.3, 0.4) is 0 Å². The van der Waals surface area contributed by atoms with E-state index in [1.54, 1.807) is 24.0 Å². The molecule has 2 rings (SSSR count). The van der Waals surface area contributed by atoms with Crippen LogP contribution in [0, 0.1) is 0 Å². The van der Waals surface area contributed by atoms with Crippen molar-refractivity contribution in [2.45, 2.75) is 44.1 Å². The molecule has 16 heavy (non-hydrogen) atoms. The van der Waals surface area contributed by atoms with Gasteiger partial charge in [0, 0.05) is 13.2 Å². The maximum atomic E-state index is 12.2. The Bertz CT molecular complexity index is 376. The first-order chi connectivity index (χ1) is 7.62. The van der Waals surface area contributed by atoms with Gasteiger partial charge in [-0.05, 0) is 18.9 Å². The van der Waals surface area contributed by atoms with Crippen LogP contribution in [0.5, 0.6) is 0 Å². The standard InChI is InChI=1S/C12H18N2O2/c1-14-9-6-10(13-14)11(15)12(16)7-4-2-3-5-8-12/h6,9,16H,2-5,7-8H2,1H3. The van der Waals surface area contributed by atoms with Crippen LogP contribution in [-0.2, 0) is 7.05 Å². The van der Waals surface area contributed by atoms with Crippen LogP contribution in [0.2, 0.25) is 0 Å². The van der Waals surface area contributed by atoms with E-state index in [1.165, 1.54) is 0 Å². The Balaban J connectivity index is 2.18. The third-order valence-electron chi connectivity index (χ3n) is 3.30. The summed E-state index contributed by atoms with van der Waals surface area (Å²) in [6.07, 6.45) is 6.94. The lowest BCUT2D eigenvalue weighted by Crippen LogP contribution is -2.38. The molecule has 1 aromatic heterocycles. The molecular formula is C12H18N2O2. The van der Waals surface area contributed by atoms with Gasteiger partial charge in [0.15, 0.2) is 0 Å². The van der Waals surface area contributed by atoms with Crippen LogP contribution in [0.1, 0.15) is 49.0 Å². The van der Waals surface area contributed by atoms with Crippen molar-refractivity contribution in [1.29, 1.82) is 0 Å². The Kier molecular flexibility index (Phi) is 3.10. The summed E-state index contributed by atoms with van der Waals surface area (Å²) >= 11 is 0. The first-order valence-electron chi connectivity index (χ1n) is 5.89. The highest BCUT2D eigenvalue weighted by atomic mass is 16.3. The summed E-state index contributed by atoms with van der Waals surface area (Å²) in [5.41, 5.74) is -0.794. The minimum atomic E-state index is -1.18. The van der Waals surface area contributed by atoms with Crippen molar-refractivity contribution < 1.29 is 9.90 Å². The number of rotatable bonds is 2. The molecule has 0 atom stereocenters. The van der Waals surface area contributed by atoms with E-state index < -0.39 is 5.60 Å². The summed E-state index contributed by atoms with van der Waals surface area (Å²) in [7, 11) is 1.77. The molecule has 1 aliphatic rings. The molecule has 1 fully saturated rings. The van der Waals surface area contributed by atoms with Gasteiger partial charge in [0.25, 0.3) is 0 Å². The molecule has 0 aliphatic heterocycles. The van der Waals surface area contributed by atoms with Crippen molar-refractivity contribution in [2.24, 2.45) is 7.05 Å². The van der Waals surface area contributed by atoms with Crippen molar-refractivity contribution in [2.75, 3.05) is 0 Å². The molecule has 1 heterocycles. The van der Waals surface area contributed by atoms with E-state index in [0.717, 1.165) is 25.7 Å². The normalized spacial score (nSPS) is 20.4. The number of ketones is 1. The zero-order valence-corrected chi connectivity index (χ0v) is 9.65. The fourth-order valence-electron chi connectivity index (χ4n) is 2.32. The summed E-state index contributed by atoms with van der Waals surface area (Å²) < 4.78 is 1.59. The first-order valence-corrected chi connectivity index (χ1v) is 5.89. The van der Waals surface area contributed by atoms with E-state index in [-0.39, 0.29) is 5.78 Å². The number of aromatic nitrogens is 2. The van der Waals surface area contributed by atoms with Crippen LogP contribution >= 0.6 is 0 Å². The second-order valence-electron chi connectivity index (χ2n) is 4.65. The molecule has 0 amide bonds. The molecule has 1 saturated carbocycles. The van der Waals surface area contributed by atoms with Gasteiger partial charge in [0.2, 0.25) is 5.78 Å². The molecule has 0 unspecified atom stereocenters. The summed E-state index contributed by atoms with van der Waals surface area (Å²) in [4.78, 5) is 12.2. The van der Waals surface area contributed by atoms with E-state index >= 15 is 0 Å². The number of aryl methyl sites for hydroxylation is 1. The zero-order valence-electron chi connectivity index (χ0n) is 9.65. The highest BCUT2D eigenvalue weighted by Crippen LogP contribution is 2.29. The van der Waals surface area contributed by atoms with E-state index in [1.807, 2.05) is 0 Å². The van der Waals surface area contributed by atoms with Crippen molar-refractivity contribution >= 4 is 5.78 Å². The quantitative estimate of drug-likeness (QED) is 0.612. The molecule has 0 aromatic carbocycles. The lowest BCUT2D eigenvalue weighted by molar-refractivity contribution is 0.0232. The molecule has 4 heteroatoms. The Morgan fingerprint density at radius 3 is 2.50 bits per heavy atom.